The molecule has 1 heterocycles. The van der Waals surface area contributed by atoms with Crippen LogP contribution in [0.3, 0.4) is 0 Å². The van der Waals surface area contributed by atoms with Crippen molar-refractivity contribution in [2.45, 2.75) is 19.9 Å². The minimum absolute atomic E-state index is 0.360. The number of ether oxygens (including phenoxy) is 1. The molecular formula is C20H22N2O2. The highest BCUT2D eigenvalue weighted by Gasteiger charge is 2.20. The Labute approximate surface area is 142 Å². The number of carbonyl (C=O) groups excluding carboxylic acids is 1. The normalized spacial score (nSPS) is 14.6. The van der Waals surface area contributed by atoms with Crippen LogP contribution in [0.15, 0.2) is 47.5 Å². The number of fused-ring (bicyclic) bond motifs is 1. The molecule has 0 atom stereocenters. The van der Waals surface area contributed by atoms with Crippen LogP contribution in [0.4, 0.5) is 5.69 Å². The van der Waals surface area contributed by atoms with Crippen LogP contribution in [-0.2, 0) is 22.5 Å². The van der Waals surface area contributed by atoms with Crippen molar-refractivity contribution < 1.29 is 9.53 Å². The molecule has 0 amide bonds. The third kappa shape index (κ3) is 3.54. The Morgan fingerprint density at radius 2 is 2.00 bits per heavy atom. The van der Waals surface area contributed by atoms with Gasteiger partial charge in [-0.25, -0.2) is 9.79 Å². The third-order valence-corrected chi connectivity index (χ3v) is 4.26. The maximum Gasteiger partial charge on any atom is 0.349 e. The number of likely N-dealkylation sites (N-methyl/N-ethyl adjacent to an activating group) is 1. The van der Waals surface area contributed by atoms with Gasteiger partial charge in [-0.2, -0.15) is 0 Å². The Bertz CT molecular complexity index is 754. The SMILES string of the molecule is CCOC(=O)/C=N\c1ccc(-c2ccccc2)c2c1CN(C)CC2. The first-order valence-corrected chi connectivity index (χ1v) is 8.28. The van der Waals surface area contributed by atoms with Crippen molar-refractivity contribution in [1.82, 2.24) is 4.90 Å². The minimum Gasteiger partial charge on any atom is -0.462 e. The fourth-order valence-corrected chi connectivity index (χ4v) is 3.11. The topological polar surface area (TPSA) is 41.9 Å². The smallest absolute Gasteiger partial charge is 0.349 e. The molecule has 4 heteroatoms. The summed E-state index contributed by atoms with van der Waals surface area (Å²) in [6.07, 6.45) is 2.26. The predicted molar refractivity (Wildman–Crippen MR) is 96.7 cm³/mol. The first kappa shape index (κ1) is 16.4. The molecule has 0 fully saturated rings. The molecule has 2 aromatic carbocycles. The van der Waals surface area contributed by atoms with Crippen LogP contribution in [0.25, 0.3) is 11.1 Å². The van der Waals surface area contributed by atoms with E-state index in [2.05, 4.69) is 47.3 Å². The summed E-state index contributed by atoms with van der Waals surface area (Å²) in [4.78, 5) is 18.2. The van der Waals surface area contributed by atoms with Gasteiger partial charge < -0.3 is 9.64 Å². The highest BCUT2D eigenvalue weighted by molar-refractivity contribution is 6.23. The number of benzene rings is 2. The number of carbonyl (C=O) groups is 1. The Morgan fingerprint density at radius 1 is 1.21 bits per heavy atom. The van der Waals surface area contributed by atoms with Gasteiger partial charge in [-0.3, -0.25) is 0 Å². The van der Waals surface area contributed by atoms with Gasteiger partial charge in [0.2, 0.25) is 0 Å². The van der Waals surface area contributed by atoms with E-state index in [4.69, 9.17) is 4.74 Å². The van der Waals surface area contributed by atoms with Crippen LogP contribution in [0.2, 0.25) is 0 Å². The van der Waals surface area contributed by atoms with E-state index in [1.807, 2.05) is 12.1 Å². The Balaban J connectivity index is 2.02. The van der Waals surface area contributed by atoms with E-state index in [-0.39, 0.29) is 0 Å². The van der Waals surface area contributed by atoms with Crippen LogP contribution in [0, 0.1) is 0 Å². The van der Waals surface area contributed by atoms with Crippen LogP contribution in [0.5, 0.6) is 0 Å². The number of esters is 1. The highest BCUT2D eigenvalue weighted by atomic mass is 16.5. The summed E-state index contributed by atoms with van der Waals surface area (Å²) in [5, 5.41) is 0. The zero-order valence-corrected chi connectivity index (χ0v) is 14.2. The standard InChI is InChI=1S/C20H22N2O2/c1-3-24-20(23)13-21-19-10-9-16(15-7-5-4-6-8-15)17-11-12-22(2)14-18(17)19/h4-10,13H,3,11-12,14H2,1-2H3/b21-13-. The minimum atomic E-state index is -0.400. The molecular weight excluding hydrogens is 300 g/mol. The van der Waals surface area contributed by atoms with Gasteiger partial charge in [-0.15, -0.1) is 0 Å². The van der Waals surface area contributed by atoms with Crippen molar-refractivity contribution in [2.24, 2.45) is 4.99 Å². The van der Waals surface area contributed by atoms with E-state index < -0.39 is 5.97 Å². The monoisotopic (exact) mass is 322 g/mol. The average Bonchev–Trinajstić information content (AvgIpc) is 2.60. The van der Waals surface area contributed by atoms with Gasteiger partial charge in [0.1, 0.15) is 6.21 Å². The van der Waals surface area contributed by atoms with Gasteiger partial charge in [0.05, 0.1) is 12.3 Å². The van der Waals surface area contributed by atoms with Gasteiger partial charge in [0.25, 0.3) is 0 Å². The van der Waals surface area contributed by atoms with Crippen LogP contribution < -0.4 is 0 Å². The lowest BCUT2D eigenvalue weighted by atomic mass is 9.90. The third-order valence-electron chi connectivity index (χ3n) is 4.26. The molecule has 0 aliphatic carbocycles. The van der Waals surface area contributed by atoms with Crippen molar-refractivity contribution in [3.05, 3.63) is 53.6 Å². The van der Waals surface area contributed by atoms with E-state index in [9.17, 15) is 4.79 Å². The lowest BCUT2D eigenvalue weighted by molar-refractivity contribution is -0.134. The molecule has 0 N–H and O–H groups in total. The summed E-state index contributed by atoms with van der Waals surface area (Å²) >= 11 is 0. The summed E-state index contributed by atoms with van der Waals surface area (Å²) in [6.45, 7) is 4.01. The van der Waals surface area contributed by atoms with E-state index in [1.165, 1.54) is 28.5 Å². The molecule has 0 saturated carbocycles. The van der Waals surface area contributed by atoms with Crippen LogP contribution in [0.1, 0.15) is 18.1 Å². The van der Waals surface area contributed by atoms with Gasteiger partial charge in [0.15, 0.2) is 0 Å². The van der Waals surface area contributed by atoms with Crippen molar-refractivity contribution >= 4 is 17.9 Å². The number of hydrogen-bond acceptors (Lipinski definition) is 4. The summed E-state index contributed by atoms with van der Waals surface area (Å²) in [7, 11) is 2.11. The molecule has 0 spiro atoms. The molecule has 124 valence electrons. The average molecular weight is 322 g/mol. The molecule has 0 unspecified atom stereocenters. The molecule has 1 aliphatic heterocycles. The lowest BCUT2D eigenvalue weighted by Crippen LogP contribution is -2.27. The quantitative estimate of drug-likeness (QED) is 0.638. The van der Waals surface area contributed by atoms with Gasteiger partial charge >= 0.3 is 5.97 Å². The van der Waals surface area contributed by atoms with E-state index in [0.717, 1.165) is 25.2 Å². The fraction of sp³-hybridized carbons (Fsp3) is 0.300. The fourth-order valence-electron chi connectivity index (χ4n) is 3.11. The van der Waals surface area contributed by atoms with Crippen LogP contribution >= 0.6 is 0 Å². The molecule has 2 aromatic rings. The summed E-state index contributed by atoms with van der Waals surface area (Å²) in [6, 6.07) is 14.5. The van der Waals surface area contributed by atoms with Gasteiger partial charge in [-0.05, 0) is 48.7 Å². The lowest BCUT2D eigenvalue weighted by Gasteiger charge is -2.28. The predicted octanol–water partition coefficient (Wildman–Crippen LogP) is 3.61. The summed E-state index contributed by atoms with van der Waals surface area (Å²) < 4.78 is 4.92. The summed E-state index contributed by atoms with van der Waals surface area (Å²) in [5.74, 6) is -0.400. The van der Waals surface area contributed by atoms with Crippen molar-refractivity contribution in [2.75, 3.05) is 20.2 Å². The Kier molecular flexibility index (Phi) is 5.06. The zero-order valence-electron chi connectivity index (χ0n) is 14.2. The highest BCUT2D eigenvalue weighted by Crippen LogP contribution is 2.35. The molecule has 0 aromatic heterocycles. The van der Waals surface area contributed by atoms with Crippen molar-refractivity contribution in [3.63, 3.8) is 0 Å². The van der Waals surface area contributed by atoms with E-state index in [1.54, 1.807) is 6.92 Å². The second-order valence-electron chi connectivity index (χ2n) is 5.95. The molecule has 3 rings (SSSR count). The van der Waals surface area contributed by atoms with Crippen molar-refractivity contribution in [1.29, 1.82) is 0 Å². The molecule has 24 heavy (non-hydrogen) atoms. The van der Waals surface area contributed by atoms with E-state index in [0.29, 0.717) is 6.61 Å². The largest absolute Gasteiger partial charge is 0.462 e. The first-order valence-electron chi connectivity index (χ1n) is 8.28. The molecule has 4 nitrogen and oxygen atoms in total. The Morgan fingerprint density at radius 3 is 2.75 bits per heavy atom. The van der Waals surface area contributed by atoms with Crippen molar-refractivity contribution in [3.8, 4) is 11.1 Å². The van der Waals surface area contributed by atoms with Crippen LogP contribution in [-0.4, -0.2) is 37.3 Å². The van der Waals surface area contributed by atoms with E-state index >= 15 is 0 Å². The maximum atomic E-state index is 11.6. The number of rotatable bonds is 4. The second-order valence-corrected chi connectivity index (χ2v) is 5.95. The second kappa shape index (κ2) is 7.41. The molecule has 0 radical (unpaired) electrons. The van der Waals surface area contributed by atoms with Gasteiger partial charge in [-0.1, -0.05) is 36.4 Å². The molecule has 0 saturated heterocycles. The maximum absolute atomic E-state index is 11.6. The Hall–Kier alpha value is -2.46. The first-order chi connectivity index (χ1) is 11.7. The van der Waals surface area contributed by atoms with Gasteiger partial charge in [0, 0.05) is 13.1 Å². The summed E-state index contributed by atoms with van der Waals surface area (Å²) in [5.41, 5.74) is 5.86. The number of nitrogens with zero attached hydrogens (tertiary/aromatic N) is 2. The number of aliphatic imine (C=N–C) groups is 1. The molecule has 1 aliphatic rings. The zero-order chi connectivity index (χ0) is 16.9. The molecule has 0 bridgehead atoms. The number of hydrogen-bond donors (Lipinski definition) is 0.